The number of aliphatic carboxylic acids is 1. The fraction of sp³-hybridized carbons (Fsp3) is 0.562. The van der Waals surface area contributed by atoms with Gasteiger partial charge in [-0.1, -0.05) is 70.4 Å². The van der Waals surface area contributed by atoms with E-state index in [1.165, 1.54) is 12.8 Å². The van der Waals surface area contributed by atoms with Gasteiger partial charge in [0.2, 0.25) is 0 Å². The summed E-state index contributed by atoms with van der Waals surface area (Å²) in [6.45, 7) is 6.29. The topological polar surface area (TPSA) is 37.3 Å². The van der Waals surface area contributed by atoms with Crippen LogP contribution in [0.5, 0.6) is 0 Å². The minimum atomic E-state index is -0.720. The highest BCUT2D eigenvalue weighted by Gasteiger charge is 2.35. The first-order valence-corrected chi connectivity index (χ1v) is 6.77. The van der Waals surface area contributed by atoms with Crippen LogP contribution in [0.25, 0.3) is 0 Å². The van der Waals surface area contributed by atoms with Crippen molar-refractivity contribution in [3.63, 3.8) is 0 Å². The van der Waals surface area contributed by atoms with Crippen LogP contribution in [-0.2, 0) is 4.79 Å². The Bertz CT molecular complexity index is 368. The van der Waals surface area contributed by atoms with Gasteiger partial charge < -0.3 is 5.11 Å². The SMILES string of the molecule is CCCCCC(C)(C)C(C(=O)O)c1ccccc1. The molecule has 1 aromatic carbocycles. The van der Waals surface area contributed by atoms with Crippen LogP contribution < -0.4 is 0 Å². The predicted molar refractivity (Wildman–Crippen MR) is 74.7 cm³/mol. The van der Waals surface area contributed by atoms with Crippen LogP contribution in [0.3, 0.4) is 0 Å². The summed E-state index contributed by atoms with van der Waals surface area (Å²) in [5.41, 5.74) is 0.703. The summed E-state index contributed by atoms with van der Waals surface area (Å²) in [5, 5.41) is 9.52. The molecule has 1 atom stereocenters. The number of carboxylic acids is 1. The summed E-state index contributed by atoms with van der Waals surface area (Å²) in [4.78, 5) is 11.6. The van der Waals surface area contributed by atoms with Gasteiger partial charge in [-0.15, -0.1) is 0 Å². The van der Waals surface area contributed by atoms with Crippen LogP contribution in [0.4, 0.5) is 0 Å². The van der Waals surface area contributed by atoms with Crippen LogP contribution in [0.2, 0.25) is 0 Å². The standard InChI is InChI=1S/C16H24O2/c1-4-5-9-12-16(2,3)14(15(17)18)13-10-7-6-8-11-13/h6-8,10-11,14H,4-5,9,12H2,1-3H3,(H,17,18). The van der Waals surface area contributed by atoms with Crippen molar-refractivity contribution in [2.75, 3.05) is 0 Å². The molecule has 0 radical (unpaired) electrons. The molecule has 0 amide bonds. The smallest absolute Gasteiger partial charge is 0.311 e. The molecule has 0 saturated carbocycles. The number of carboxylic acid groups (broad SMARTS) is 1. The summed E-state index contributed by atoms with van der Waals surface area (Å²) >= 11 is 0. The molecule has 0 fully saturated rings. The van der Waals surface area contributed by atoms with Crippen molar-refractivity contribution >= 4 is 5.97 Å². The Kier molecular flexibility index (Phi) is 5.39. The van der Waals surface area contributed by atoms with Gasteiger partial charge in [0.15, 0.2) is 0 Å². The van der Waals surface area contributed by atoms with Crippen molar-refractivity contribution in [1.82, 2.24) is 0 Å². The molecule has 1 rings (SSSR count). The molecule has 0 saturated heterocycles. The first-order chi connectivity index (χ1) is 8.49. The fourth-order valence-electron chi connectivity index (χ4n) is 2.55. The molecule has 2 nitrogen and oxygen atoms in total. The van der Waals surface area contributed by atoms with Gasteiger partial charge in [0, 0.05) is 0 Å². The highest BCUT2D eigenvalue weighted by molar-refractivity contribution is 5.77. The predicted octanol–water partition coefficient (Wildman–Crippen LogP) is 4.46. The van der Waals surface area contributed by atoms with E-state index in [0.717, 1.165) is 18.4 Å². The average Bonchev–Trinajstić information content (AvgIpc) is 2.29. The van der Waals surface area contributed by atoms with Crippen LogP contribution >= 0.6 is 0 Å². The molecule has 0 heterocycles. The van der Waals surface area contributed by atoms with Gasteiger partial charge in [0.05, 0.1) is 5.92 Å². The van der Waals surface area contributed by atoms with Crippen molar-refractivity contribution in [3.05, 3.63) is 35.9 Å². The van der Waals surface area contributed by atoms with Crippen molar-refractivity contribution in [2.45, 2.75) is 52.4 Å². The fourth-order valence-corrected chi connectivity index (χ4v) is 2.55. The Balaban J connectivity index is 2.88. The van der Waals surface area contributed by atoms with Gasteiger partial charge in [-0.2, -0.15) is 0 Å². The molecule has 0 aliphatic rings. The van der Waals surface area contributed by atoms with Crippen molar-refractivity contribution in [2.24, 2.45) is 5.41 Å². The van der Waals surface area contributed by atoms with Gasteiger partial charge in [0.25, 0.3) is 0 Å². The molecule has 0 aromatic heterocycles. The average molecular weight is 248 g/mol. The van der Waals surface area contributed by atoms with E-state index in [2.05, 4.69) is 20.8 Å². The lowest BCUT2D eigenvalue weighted by Gasteiger charge is -2.32. The van der Waals surface area contributed by atoms with Crippen molar-refractivity contribution in [3.8, 4) is 0 Å². The minimum absolute atomic E-state index is 0.206. The lowest BCUT2D eigenvalue weighted by atomic mass is 9.72. The van der Waals surface area contributed by atoms with Crippen LogP contribution in [0.1, 0.15) is 57.9 Å². The summed E-state index contributed by atoms with van der Waals surface area (Å²) in [6, 6.07) is 9.58. The van der Waals surface area contributed by atoms with E-state index in [-0.39, 0.29) is 5.41 Å². The minimum Gasteiger partial charge on any atom is -0.481 e. The van der Waals surface area contributed by atoms with Gasteiger partial charge >= 0.3 is 5.97 Å². The zero-order valence-corrected chi connectivity index (χ0v) is 11.6. The van der Waals surface area contributed by atoms with Gasteiger partial charge in [-0.25, -0.2) is 0 Å². The second kappa shape index (κ2) is 6.58. The zero-order chi connectivity index (χ0) is 13.6. The van der Waals surface area contributed by atoms with E-state index in [9.17, 15) is 9.90 Å². The number of hydrogen-bond acceptors (Lipinski definition) is 1. The third-order valence-electron chi connectivity index (χ3n) is 3.59. The Morgan fingerprint density at radius 3 is 2.33 bits per heavy atom. The molecule has 18 heavy (non-hydrogen) atoms. The highest BCUT2D eigenvalue weighted by Crippen LogP contribution is 2.39. The third kappa shape index (κ3) is 3.86. The van der Waals surface area contributed by atoms with E-state index in [4.69, 9.17) is 0 Å². The normalized spacial score (nSPS) is 13.3. The molecule has 2 heteroatoms. The summed E-state index contributed by atoms with van der Waals surface area (Å²) in [7, 11) is 0. The number of hydrogen-bond donors (Lipinski definition) is 1. The molecule has 0 aliphatic carbocycles. The number of unbranched alkanes of at least 4 members (excludes halogenated alkanes) is 2. The van der Waals surface area contributed by atoms with E-state index >= 15 is 0 Å². The molecule has 0 spiro atoms. The van der Waals surface area contributed by atoms with E-state index < -0.39 is 11.9 Å². The van der Waals surface area contributed by atoms with Crippen molar-refractivity contribution < 1.29 is 9.90 Å². The summed E-state index contributed by atoms with van der Waals surface area (Å²) in [5.74, 6) is -1.14. The molecule has 1 aromatic rings. The number of benzene rings is 1. The van der Waals surface area contributed by atoms with E-state index in [0.29, 0.717) is 0 Å². The van der Waals surface area contributed by atoms with Gasteiger partial charge in [-0.05, 0) is 17.4 Å². The monoisotopic (exact) mass is 248 g/mol. The van der Waals surface area contributed by atoms with E-state index in [1.807, 2.05) is 30.3 Å². The maximum absolute atomic E-state index is 11.6. The van der Waals surface area contributed by atoms with Gasteiger partial charge in [0.1, 0.15) is 0 Å². The Labute approximate surface area is 110 Å². The first-order valence-electron chi connectivity index (χ1n) is 6.77. The van der Waals surface area contributed by atoms with Gasteiger partial charge in [-0.3, -0.25) is 4.79 Å². The van der Waals surface area contributed by atoms with Crippen LogP contribution in [0.15, 0.2) is 30.3 Å². The largest absolute Gasteiger partial charge is 0.481 e. The molecule has 0 aliphatic heterocycles. The molecule has 100 valence electrons. The summed E-state index contributed by atoms with van der Waals surface area (Å²) in [6.07, 6.45) is 4.39. The summed E-state index contributed by atoms with van der Waals surface area (Å²) < 4.78 is 0. The van der Waals surface area contributed by atoms with Crippen molar-refractivity contribution in [1.29, 1.82) is 0 Å². The Morgan fingerprint density at radius 1 is 1.22 bits per heavy atom. The maximum Gasteiger partial charge on any atom is 0.311 e. The Morgan fingerprint density at radius 2 is 1.83 bits per heavy atom. The first kappa shape index (κ1) is 14.7. The number of rotatable bonds is 7. The highest BCUT2D eigenvalue weighted by atomic mass is 16.4. The van der Waals surface area contributed by atoms with E-state index in [1.54, 1.807) is 0 Å². The zero-order valence-electron chi connectivity index (χ0n) is 11.6. The molecule has 0 bridgehead atoms. The lowest BCUT2D eigenvalue weighted by molar-refractivity contribution is -0.141. The second-order valence-corrected chi connectivity index (χ2v) is 5.63. The maximum atomic E-state index is 11.6. The third-order valence-corrected chi connectivity index (χ3v) is 3.59. The Hall–Kier alpha value is -1.31. The molecule has 1 N–H and O–H groups in total. The quantitative estimate of drug-likeness (QED) is 0.723. The lowest BCUT2D eigenvalue weighted by Crippen LogP contribution is -2.29. The molecular weight excluding hydrogens is 224 g/mol. The van der Waals surface area contributed by atoms with Crippen LogP contribution in [0, 0.1) is 5.41 Å². The molecule has 1 unspecified atom stereocenters. The van der Waals surface area contributed by atoms with Crippen LogP contribution in [-0.4, -0.2) is 11.1 Å². The second-order valence-electron chi connectivity index (χ2n) is 5.63. The number of carbonyl (C=O) groups is 1. The molecular formula is C16H24O2.